The molecule has 1 N–H and O–H groups in total. The summed E-state index contributed by atoms with van der Waals surface area (Å²) < 4.78 is 0. The fraction of sp³-hybridized carbons (Fsp3) is 0.467. The van der Waals surface area contributed by atoms with E-state index in [-0.39, 0.29) is 12.5 Å². The molecule has 5 heteroatoms. The van der Waals surface area contributed by atoms with Gasteiger partial charge in [-0.25, -0.2) is 0 Å². The predicted octanol–water partition coefficient (Wildman–Crippen LogP) is 0.449. The number of hydrogen-bond acceptors (Lipinski definition) is 4. The van der Waals surface area contributed by atoms with Gasteiger partial charge in [0.05, 0.1) is 12.2 Å². The zero-order valence-corrected chi connectivity index (χ0v) is 12.3. The Labute approximate surface area is 120 Å². The van der Waals surface area contributed by atoms with E-state index in [1.807, 2.05) is 19.0 Å². The third kappa shape index (κ3) is 5.39. The number of nitrogens with zero attached hydrogens (tertiary/aromatic N) is 3. The minimum atomic E-state index is -0.0647. The van der Waals surface area contributed by atoms with Crippen molar-refractivity contribution < 1.29 is 9.90 Å². The van der Waals surface area contributed by atoms with Gasteiger partial charge in [-0.15, -0.1) is 0 Å². The van der Waals surface area contributed by atoms with Crippen LogP contribution in [0.15, 0.2) is 18.5 Å². The normalized spacial score (nSPS) is 10.1. The molecule has 0 aliphatic carbocycles. The molecule has 0 aliphatic rings. The predicted molar refractivity (Wildman–Crippen MR) is 78.3 cm³/mol. The van der Waals surface area contributed by atoms with Gasteiger partial charge in [-0.1, -0.05) is 11.8 Å². The number of carbonyl (C=O) groups excluding carboxylic acids is 1. The van der Waals surface area contributed by atoms with E-state index >= 15 is 0 Å². The summed E-state index contributed by atoms with van der Waals surface area (Å²) in [6.45, 7) is 1.50. The average Bonchev–Trinajstić information content (AvgIpc) is 2.44. The Morgan fingerprint density at radius 2 is 2.05 bits per heavy atom. The number of rotatable bonds is 5. The minimum absolute atomic E-state index is 0.0341. The van der Waals surface area contributed by atoms with E-state index in [1.165, 1.54) is 0 Å². The van der Waals surface area contributed by atoms with Crippen molar-refractivity contribution in [3.63, 3.8) is 0 Å². The van der Waals surface area contributed by atoms with E-state index in [0.717, 1.165) is 6.54 Å². The molecule has 0 fully saturated rings. The topological polar surface area (TPSA) is 56.7 Å². The number of carbonyl (C=O) groups is 1. The molecule has 108 valence electrons. The van der Waals surface area contributed by atoms with Gasteiger partial charge in [0.15, 0.2) is 0 Å². The van der Waals surface area contributed by atoms with Crippen LogP contribution in [0.5, 0.6) is 0 Å². The standard InChI is InChI=1S/C15H21N3O2/c1-17(2)7-8-18(3)15(20)14-10-13(11-16-12-14)6-4-5-9-19/h10-12,19H,5,7-9H2,1-3H3. The summed E-state index contributed by atoms with van der Waals surface area (Å²) in [5.74, 6) is 5.63. The van der Waals surface area contributed by atoms with Crippen LogP contribution in [0.25, 0.3) is 0 Å². The number of aliphatic hydroxyl groups is 1. The first kappa shape index (κ1) is 16.2. The second-order valence-electron chi connectivity index (χ2n) is 4.77. The molecule has 1 heterocycles. The highest BCUT2D eigenvalue weighted by molar-refractivity contribution is 5.94. The highest BCUT2D eigenvalue weighted by atomic mass is 16.2. The summed E-state index contributed by atoms with van der Waals surface area (Å²) in [7, 11) is 5.71. The Morgan fingerprint density at radius 1 is 1.30 bits per heavy atom. The molecule has 0 saturated heterocycles. The first-order chi connectivity index (χ1) is 9.54. The van der Waals surface area contributed by atoms with Crippen molar-refractivity contribution in [3.05, 3.63) is 29.6 Å². The molecule has 1 rings (SSSR count). The molecule has 5 nitrogen and oxygen atoms in total. The summed E-state index contributed by atoms with van der Waals surface area (Å²) in [6, 6.07) is 1.73. The quantitative estimate of drug-likeness (QED) is 0.793. The Balaban J connectivity index is 2.73. The Morgan fingerprint density at radius 3 is 2.70 bits per heavy atom. The smallest absolute Gasteiger partial charge is 0.255 e. The Hall–Kier alpha value is -1.90. The van der Waals surface area contributed by atoms with Crippen LogP contribution in [0.1, 0.15) is 22.3 Å². The van der Waals surface area contributed by atoms with Gasteiger partial charge in [-0.2, -0.15) is 0 Å². The molecule has 0 radical (unpaired) electrons. The Kier molecular flexibility index (Phi) is 6.71. The van der Waals surface area contributed by atoms with Crippen molar-refractivity contribution in [2.75, 3.05) is 40.8 Å². The maximum absolute atomic E-state index is 12.2. The number of pyridine rings is 1. The first-order valence-corrected chi connectivity index (χ1v) is 6.49. The van der Waals surface area contributed by atoms with Crippen LogP contribution >= 0.6 is 0 Å². The van der Waals surface area contributed by atoms with Crippen LogP contribution in [-0.4, -0.2) is 66.6 Å². The van der Waals surface area contributed by atoms with Gasteiger partial charge in [0.2, 0.25) is 0 Å². The summed E-state index contributed by atoms with van der Waals surface area (Å²) in [6.07, 6.45) is 3.58. The van der Waals surface area contributed by atoms with Crippen molar-refractivity contribution in [3.8, 4) is 11.8 Å². The van der Waals surface area contributed by atoms with Gasteiger partial charge in [0.25, 0.3) is 5.91 Å². The minimum Gasteiger partial charge on any atom is -0.395 e. The summed E-state index contributed by atoms with van der Waals surface area (Å²) in [4.78, 5) is 20.0. The lowest BCUT2D eigenvalue weighted by Crippen LogP contribution is -2.33. The van der Waals surface area contributed by atoms with Gasteiger partial charge in [0.1, 0.15) is 0 Å². The zero-order chi connectivity index (χ0) is 15.0. The van der Waals surface area contributed by atoms with Crippen LogP contribution in [0, 0.1) is 11.8 Å². The molecule has 0 aliphatic heterocycles. The molecule has 0 bridgehead atoms. The fourth-order valence-electron chi connectivity index (χ4n) is 1.52. The number of aliphatic hydroxyl groups excluding tert-OH is 1. The van der Waals surface area contributed by atoms with Crippen LogP contribution in [0.2, 0.25) is 0 Å². The Bertz CT molecular complexity index is 503. The van der Waals surface area contributed by atoms with E-state index in [2.05, 4.69) is 16.8 Å². The maximum Gasteiger partial charge on any atom is 0.255 e. The van der Waals surface area contributed by atoms with Crippen molar-refractivity contribution in [2.45, 2.75) is 6.42 Å². The van der Waals surface area contributed by atoms with Crippen LogP contribution in [0.3, 0.4) is 0 Å². The zero-order valence-electron chi connectivity index (χ0n) is 12.3. The third-order valence-electron chi connectivity index (χ3n) is 2.68. The summed E-state index contributed by atoms with van der Waals surface area (Å²) >= 11 is 0. The molecule has 0 atom stereocenters. The number of hydrogen-bond donors (Lipinski definition) is 1. The van der Waals surface area contributed by atoms with Gasteiger partial charge in [-0.05, 0) is 20.2 Å². The van der Waals surface area contributed by atoms with E-state index in [4.69, 9.17) is 5.11 Å². The van der Waals surface area contributed by atoms with E-state index in [1.54, 1.807) is 30.4 Å². The average molecular weight is 275 g/mol. The largest absolute Gasteiger partial charge is 0.395 e. The fourth-order valence-corrected chi connectivity index (χ4v) is 1.52. The van der Waals surface area contributed by atoms with Crippen molar-refractivity contribution in [1.82, 2.24) is 14.8 Å². The first-order valence-electron chi connectivity index (χ1n) is 6.49. The second kappa shape index (κ2) is 8.31. The highest BCUT2D eigenvalue weighted by Gasteiger charge is 2.12. The number of aromatic nitrogens is 1. The van der Waals surface area contributed by atoms with Crippen LogP contribution in [0.4, 0.5) is 0 Å². The van der Waals surface area contributed by atoms with Crippen LogP contribution in [-0.2, 0) is 0 Å². The van der Waals surface area contributed by atoms with Gasteiger partial charge in [0, 0.05) is 44.5 Å². The molecule has 0 aromatic carbocycles. The second-order valence-corrected chi connectivity index (χ2v) is 4.77. The molecule has 0 saturated carbocycles. The molecule has 20 heavy (non-hydrogen) atoms. The summed E-state index contributed by atoms with van der Waals surface area (Å²) in [5, 5.41) is 8.68. The van der Waals surface area contributed by atoms with Crippen molar-refractivity contribution in [1.29, 1.82) is 0 Å². The third-order valence-corrected chi connectivity index (χ3v) is 2.68. The van der Waals surface area contributed by atoms with E-state index in [9.17, 15) is 4.79 Å². The van der Waals surface area contributed by atoms with Gasteiger partial charge >= 0.3 is 0 Å². The van der Waals surface area contributed by atoms with Gasteiger partial charge < -0.3 is 14.9 Å². The van der Waals surface area contributed by atoms with Crippen molar-refractivity contribution >= 4 is 5.91 Å². The molecule has 0 unspecified atom stereocenters. The highest BCUT2D eigenvalue weighted by Crippen LogP contribution is 2.05. The van der Waals surface area contributed by atoms with E-state index < -0.39 is 0 Å². The molecule has 0 spiro atoms. The lowest BCUT2D eigenvalue weighted by molar-refractivity contribution is 0.0786. The van der Waals surface area contributed by atoms with Gasteiger partial charge in [-0.3, -0.25) is 9.78 Å². The summed E-state index contributed by atoms with van der Waals surface area (Å²) in [5.41, 5.74) is 1.22. The molecule has 1 aromatic heterocycles. The molecular weight excluding hydrogens is 254 g/mol. The molecular formula is C15H21N3O2. The number of likely N-dealkylation sites (N-methyl/N-ethyl adjacent to an activating group) is 2. The lowest BCUT2D eigenvalue weighted by atomic mass is 10.2. The van der Waals surface area contributed by atoms with Crippen molar-refractivity contribution in [2.24, 2.45) is 0 Å². The maximum atomic E-state index is 12.2. The molecule has 1 aromatic rings. The van der Waals surface area contributed by atoms with E-state index in [0.29, 0.717) is 24.1 Å². The monoisotopic (exact) mass is 275 g/mol. The van der Waals surface area contributed by atoms with Crippen LogP contribution < -0.4 is 0 Å². The lowest BCUT2D eigenvalue weighted by Gasteiger charge is -2.19. The number of amides is 1. The SMILES string of the molecule is CN(C)CCN(C)C(=O)c1cncc(C#CCCO)c1. The molecule has 1 amide bonds.